The van der Waals surface area contributed by atoms with Gasteiger partial charge in [0, 0.05) is 19.7 Å². The van der Waals surface area contributed by atoms with E-state index < -0.39 is 0 Å². The summed E-state index contributed by atoms with van der Waals surface area (Å²) < 4.78 is 6.75. The summed E-state index contributed by atoms with van der Waals surface area (Å²) in [7, 11) is 1.65. The van der Waals surface area contributed by atoms with Crippen LogP contribution in [0.3, 0.4) is 0 Å². The van der Waals surface area contributed by atoms with E-state index in [4.69, 9.17) is 4.74 Å². The lowest BCUT2D eigenvalue weighted by atomic mass is 10.1. The molecule has 1 heterocycles. The van der Waals surface area contributed by atoms with Crippen molar-refractivity contribution < 1.29 is 9.53 Å². The number of carbonyl (C=O) groups is 1. The van der Waals surface area contributed by atoms with Crippen LogP contribution in [0.5, 0.6) is 0 Å². The van der Waals surface area contributed by atoms with E-state index in [1.807, 2.05) is 6.20 Å². The summed E-state index contributed by atoms with van der Waals surface area (Å²) in [6, 6.07) is 8.44. The van der Waals surface area contributed by atoms with Crippen molar-refractivity contribution >= 4 is 11.6 Å². The van der Waals surface area contributed by atoms with Gasteiger partial charge in [0.05, 0.1) is 25.0 Å². The number of ether oxygens (including phenoxy) is 1. The van der Waals surface area contributed by atoms with Gasteiger partial charge in [-0.05, 0) is 25.3 Å². The summed E-state index contributed by atoms with van der Waals surface area (Å²) in [6.07, 6.45) is 5.75. The maximum absolute atomic E-state index is 11.9. The van der Waals surface area contributed by atoms with E-state index in [0.29, 0.717) is 19.6 Å². The lowest BCUT2D eigenvalue weighted by molar-refractivity contribution is -0.116. The maximum atomic E-state index is 11.9. The van der Waals surface area contributed by atoms with E-state index in [-0.39, 0.29) is 5.91 Å². The average molecular weight is 301 g/mol. The molecular weight excluding hydrogens is 278 g/mol. The molecule has 0 aliphatic heterocycles. The third-order valence-corrected chi connectivity index (χ3v) is 3.43. The van der Waals surface area contributed by atoms with Crippen LogP contribution in [0.15, 0.2) is 36.7 Å². The van der Waals surface area contributed by atoms with Crippen molar-refractivity contribution in [2.45, 2.75) is 32.7 Å². The van der Waals surface area contributed by atoms with Gasteiger partial charge in [0.1, 0.15) is 0 Å². The second-order valence-corrected chi connectivity index (χ2v) is 5.37. The van der Waals surface area contributed by atoms with Crippen LogP contribution in [-0.2, 0) is 22.5 Å². The van der Waals surface area contributed by atoms with Crippen molar-refractivity contribution in [1.82, 2.24) is 9.78 Å². The molecule has 0 saturated carbocycles. The fourth-order valence-corrected chi connectivity index (χ4v) is 2.17. The molecule has 1 aromatic carbocycles. The molecule has 22 heavy (non-hydrogen) atoms. The number of rotatable bonds is 8. The van der Waals surface area contributed by atoms with E-state index in [1.54, 1.807) is 18.0 Å². The fraction of sp³-hybridized carbons (Fsp3) is 0.412. The molecule has 1 aromatic heterocycles. The molecule has 0 fully saturated rings. The number of aryl methyl sites for hydroxylation is 2. The smallest absolute Gasteiger partial charge is 0.224 e. The molecule has 5 heteroatoms. The molecule has 0 atom stereocenters. The molecule has 1 N–H and O–H groups in total. The molecule has 2 aromatic rings. The van der Waals surface area contributed by atoms with Gasteiger partial charge in [-0.15, -0.1) is 0 Å². The van der Waals surface area contributed by atoms with Crippen LogP contribution in [-0.4, -0.2) is 29.4 Å². The monoisotopic (exact) mass is 301 g/mol. The Morgan fingerprint density at radius 2 is 2.09 bits per heavy atom. The molecule has 0 unspecified atom stereocenters. The Balaban J connectivity index is 1.71. The highest BCUT2D eigenvalue weighted by molar-refractivity contribution is 5.90. The molecule has 0 aliphatic rings. The zero-order valence-electron chi connectivity index (χ0n) is 13.2. The molecule has 1 amide bonds. The lowest BCUT2D eigenvalue weighted by Crippen LogP contribution is -2.11. The Hall–Kier alpha value is -2.14. The normalized spacial score (nSPS) is 10.6. The van der Waals surface area contributed by atoms with Crippen LogP contribution < -0.4 is 5.32 Å². The van der Waals surface area contributed by atoms with Crippen molar-refractivity contribution in [3.8, 4) is 0 Å². The van der Waals surface area contributed by atoms with Crippen molar-refractivity contribution in [2.75, 3.05) is 19.0 Å². The summed E-state index contributed by atoms with van der Waals surface area (Å²) in [6.45, 7) is 3.36. The van der Waals surface area contributed by atoms with Gasteiger partial charge < -0.3 is 10.1 Å². The van der Waals surface area contributed by atoms with E-state index in [2.05, 4.69) is 41.6 Å². The number of nitrogens with one attached hydrogen (secondary N) is 1. The van der Waals surface area contributed by atoms with Crippen LogP contribution >= 0.6 is 0 Å². The Bertz CT molecular complexity index is 590. The summed E-state index contributed by atoms with van der Waals surface area (Å²) in [4.78, 5) is 11.9. The lowest BCUT2D eigenvalue weighted by Gasteiger charge is -2.04. The molecule has 0 radical (unpaired) electrons. The van der Waals surface area contributed by atoms with Crippen LogP contribution in [0.2, 0.25) is 0 Å². The predicted octanol–water partition coefficient (Wildman–Crippen LogP) is 2.80. The zero-order valence-corrected chi connectivity index (χ0v) is 13.2. The molecule has 0 saturated heterocycles. The summed E-state index contributed by atoms with van der Waals surface area (Å²) in [5, 5.41) is 7.04. The Labute approximate surface area is 131 Å². The van der Waals surface area contributed by atoms with E-state index in [9.17, 15) is 4.79 Å². The fourth-order valence-electron chi connectivity index (χ4n) is 2.17. The Morgan fingerprint density at radius 3 is 2.82 bits per heavy atom. The van der Waals surface area contributed by atoms with Crippen molar-refractivity contribution in [3.63, 3.8) is 0 Å². The first-order chi connectivity index (χ1) is 10.7. The van der Waals surface area contributed by atoms with E-state index in [1.165, 1.54) is 11.1 Å². The first kappa shape index (κ1) is 16.2. The minimum Gasteiger partial charge on any atom is -0.383 e. The number of methoxy groups -OCH3 is 1. The highest BCUT2D eigenvalue weighted by Gasteiger charge is 2.05. The SMILES string of the molecule is COCCn1cc(NC(=O)CCCc2ccc(C)cc2)cn1. The van der Waals surface area contributed by atoms with Gasteiger partial charge in [-0.2, -0.15) is 5.10 Å². The van der Waals surface area contributed by atoms with Gasteiger partial charge in [-0.3, -0.25) is 9.48 Å². The molecular formula is C17H23N3O2. The largest absolute Gasteiger partial charge is 0.383 e. The van der Waals surface area contributed by atoms with Gasteiger partial charge >= 0.3 is 0 Å². The van der Waals surface area contributed by atoms with Crippen LogP contribution in [0.4, 0.5) is 5.69 Å². The minimum atomic E-state index is 0.0263. The zero-order chi connectivity index (χ0) is 15.8. The highest BCUT2D eigenvalue weighted by atomic mass is 16.5. The van der Waals surface area contributed by atoms with Crippen LogP contribution in [0, 0.1) is 6.92 Å². The van der Waals surface area contributed by atoms with Gasteiger partial charge in [0.2, 0.25) is 5.91 Å². The van der Waals surface area contributed by atoms with E-state index >= 15 is 0 Å². The van der Waals surface area contributed by atoms with Gasteiger partial charge in [0.25, 0.3) is 0 Å². The van der Waals surface area contributed by atoms with Gasteiger partial charge in [-0.1, -0.05) is 29.8 Å². The van der Waals surface area contributed by atoms with E-state index in [0.717, 1.165) is 18.5 Å². The second-order valence-electron chi connectivity index (χ2n) is 5.37. The van der Waals surface area contributed by atoms with Crippen molar-refractivity contribution in [1.29, 1.82) is 0 Å². The maximum Gasteiger partial charge on any atom is 0.224 e. The summed E-state index contributed by atoms with van der Waals surface area (Å²) in [5.41, 5.74) is 3.26. The number of benzene rings is 1. The van der Waals surface area contributed by atoms with Gasteiger partial charge in [0.15, 0.2) is 0 Å². The highest BCUT2D eigenvalue weighted by Crippen LogP contribution is 2.09. The second kappa shape index (κ2) is 8.34. The first-order valence-corrected chi connectivity index (χ1v) is 7.54. The molecule has 2 rings (SSSR count). The number of nitrogens with zero attached hydrogens (tertiary/aromatic N) is 2. The van der Waals surface area contributed by atoms with Crippen LogP contribution in [0.1, 0.15) is 24.0 Å². The number of hydrogen-bond acceptors (Lipinski definition) is 3. The Kier molecular flexibility index (Phi) is 6.15. The van der Waals surface area contributed by atoms with Crippen molar-refractivity contribution in [2.24, 2.45) is 0 Å². The first-order valence-electron chi connectivity index (χ1n) is 7.54. The number of hydrogen-bond donors (Lipinski definition) is 1. The predicted molar refractivity (Wildman–Crippen MR) is 86.8 cm³/mol. The topological polar surface area (TPSA) is 56.1 Å². The minimum absolute atomic E-state index is 0.0263. The number of amides is 1. The standard InChI is InChI=1S/C17H23N3O2/c1-14-6-8-15(9-7-14)4-3-5-17(21)19-16-12-18-20(13-16)10-11-22-2/h6-9,12-13H,3-5,10-11H2,1-2H3,(H,19,21). The number of anilines is 1. The summed E-state index contributed by atoms with van der Waals surface area (Å²) >= 11 is 0. The molecule has 5 nitrogen and oxygen atoms in total. The molecule has 0 bridgehead atoms. The van der Waals surface area contributed by atoms with Crippen molar-refractivity contribution in [3.05, 3.63) is 47.8 Å². The Morgan fingerprint density at radius 1 is 1.32 bits per heavy atom. The van der Waals surface area contributed by atoms with Crippen LogP contribution in [0.25, 0.3) is 0 Å². The number of aromatic nitrogens is 2. The molecule has 0 aliphatic carbocycles. The average Bonchev–Trinajstić information content (AvgIpc) is 2.94. The number of carbonyl (C=O) groups excluding carboxylic acids is 1. The van der Waals surface area contributed by atoms with Gasteiger partial charge in [-0.25, -0.2) is 0 Å². The quantitative estimate of drug-likeness (QED) is 0.815. The molecule has 118 valence electrons. The molecule has 0 spiro atoms. The third kappa shape index (κ3) is 5.33. The summed E-state index contributed by atoms with van der Waals surface area (Å²) in [5.74, 6) is 0.0263. The third-order valence-electron chi connectivity index (χ3n) is 3.43.